The number of primary amides is 1. The molecule has 0 aliphatic rings. The Kier molecular flexibility index (Phi) is 6.20. The molecule has 0 radical (unpaired) electrons. The first-order chi connectivity index (χ1) is 5.56. The molecular weight excluding hydrogens is 172 g/mol. The van der Waals surface area contributed by atoms with Crippen molar-refractivity contribution in [2.75, 3.05) is 12.8 Å². The number of nitrogens with two attached hydrogens (primary N) is 1. The maximum Gasteiger partial charge on any atom is 0.218 e. The van der Waals surface area contributed by atoms with Gasteiger partial charge in [0.15, 0.2) is 0 Å². The quantitative estimate of drug-likeness (QED) is 0.644. The number of carbonyl (C=O) groups excluding carboxylic acids is 1. The Morgan fingerprint density at radius 3 is 2.58 bits per heavy atom. The van der Waals surface area contributed by atoms with E-state index in [4.69, 9.17) is 5.73 Å². The van der Waals surface area contributed by atoms with E-state index in [1.165, 1.54) is 0 Å². The minimum absolute atomic E-state index is 0.192. The average Bonchev–Trinajstić information content (AvgIpc) is 1.99. The van der Waals surface area contributed by atoms with Crippen molar-refractivity contribution in [2.24, 2.45) is 5.73 Å². The van der Waals surface area contributed by atoms with Crippen LogP contribution < -0.4 is 11.1 Å². The van der Waals surface area contributed by atoms with Gasteiger partial charge in [-0.3, -0.25) is 4.79 Å². The summed E-state index contributed by atoms with van der Waals surface area (Å²) in [6, 6.07) is 0.192. The molecule has 1 amide bonds. The zero-order chi connectivity index (χ0) is 9.56. The van der Waals surface area contributed by atoms with Gasteiger partial charge in [0.25, 0.3) is 0 Å². The van der Waals surface area contributed by atoms with Crippen molar-refractivity contribution in [1.82, 2.24) is 5.32 Å². The molecule has 0 fully saturated rings. The van der Waals surface area contributed by atoms with Crippen LogP contribution in [0, 0.1) is 0 Å². The van der Waals surface area contributed by atoms with Crippen LogP contribution in [0.1, 0.15) is 20.3 Å². The number of carbonyl (C=O) groups is 1. The van der Waals surface area contributed by atoms with Crippen molar-refractivity contribution in [2.45, 2.75) is 31.6 Å². The maximum atomic E-state index is 10.5. The van der Waals surface area contributed by atoms with E-state index in [1.807, 2.05) is 6.92 Å². The number of hydrogen-bond donors (Lipinski definition) is 2. The van der Waals surface area contributed by atoms with Crippen molar-refractivity contribution in [3.05, 3.63) is 0 Å². The van der Waals surface area contributed by atoms with Crippen LogP contribution in [-0.2, 0) is 4.79 Å². The van der Waals surface area contributed by atoms with Gasteiger partial charge in [-0.2, -0.15) is 11.8 Å². The Morgan fingerprint density at radius 1 is 1.58 bits per heavy atom. The van der Waals surface area contributed by atoms with E-state index in [1.54, 1.807) is 11.8 Å². The molecule has 72 valence electrons. The van der Waals surface area contributed by atoms with Crippen LogP contribution in [0.3, 0.4) is 0 Å². The zero-order valence-corrected chi connectivity index (χ0v) is 8.78. The topological polar surface area (TPSA) is 55.1 Å². The highest BCUT2D eigenvalue weighted by atomic mass is 32.2. The summed E-state index contributed by atoms with van der Waals surface area (Å²) in [4.78, 5) is 10.5. The molecule has 0 bridgehead atoms. The number of thioether (sulfide) groups is 1. The molecule has 3 nitrogen and oxygen atoms in total. The van der Waals surface area contributed by atoms with E-state index in [-0.39, 0.29) is 11.9 Å². The third-order valence-corrected chi connectivity index (χ3v) is 2.63. The van der Waals surface area contributed by atoms with Gasteiger partial charge < -0.3 is 11.1 Å². The lowest BCUT2D eigenvalue weighted by atomic mass is 10.2. The summed E-state index contributed by atoms with van der Waals surface area (Å²) in [5.74, 6) is -0.244. The fourth-order valence-corrected chi connectivity index (χ4v) is 1.09. The van der Waals surface area contributed by atoms with Gasteiger partial charge in [-0.15, -0.1) is 0 Å². The highest BCUT2D eigenvalue weighted by Crippen LogP contribution is 2.03. The van der Waals surface area contributed by atoms with Gasteiger partial charge in [0.1, 0.15) is 0 Å². The van der Waals surface area contributed by atoms with Crippen LogP contribution in [0.2, 0.25) is 0 Å². The van der Waals surface area contributed by atoms with Gasteiger partial charge in [0.05, 0.1) is 0 Å². The third-order valence-electron chi connectivity index (χ3n) is 1.66. The third kappa shape index (κ3) is 6.49. The van der Waals surface area contributed by atoms with Crippen molar-refractivity contribution in [3.8, 4) is 0 Å². The Balaban J connectivity index is 3.43. The summed E-state index contributed by atoms with van der Waals surface area (Å²) >= 11 is 1.81. The summed E-state index contributed by atoms with van der Waals surface area (Å²) in [7, 11) is 0. The number of hydrogen-bond acceptors (Lipinski definition) is 3. The highest BCUT2D eigenvalue weighted by Gasteiger charge is 2.06. The Labute approximate surface area is 78.5 Å². The normalized spacial score (nSPS) is 15.6. The molecule has 0 heterocycles. The van der Waals surface area contributed by atoms with Crippen LogP contribution in [0.5, 0.6) is 0 Å². The van der Waals surface area contributed by atoms with Gasteiger partial charge in [0.2, 0.25) is 5.91 Å². The predicted molar refractivity (Wildman–Crippen MR) is 54.3 cm³/mol. The molecule has 4 heteroatoms. The standard InChI is InChI=1S/C8H18N2OS/c1-6(4-8(9)11)10-5-7(2)12-3/h6-7,10H,4-5H2,1-3H3,(H2,9,11). The van der Waals surface area contributed by atoms with E-state index >= 15 is 0 Å². The molecule has 12 heavy (non-hydrogen) atoms. The molecule has 0 aromatic heterocycles. The second kappa shape index (κ2) is 6.31. The number of rotatable bonds is 6. The van der Waals surface area contributed by atoms with Crippen molar-refractivity contribution >= 4 is 17.7 Å². The first kappa shape index (κ1) is 11.8. The molecule has 2 atom stereocenters. The summed E-state index contributed by atoms with van der Waals surface area (Å²) in [6.45, 7) is 5.04. The lowest BCUT2D eigenvalue weighted by Crippen LogP contribution is -2.34. The zero-order valence-electron chi connectivity index (χ0n) is 7.96. The van der Waals surface area contributed by atoms with Crippen LogP contribution in [-0.4, -0.2) is 30.0 Å². The Morgan fingerprint density at radius 2 is 2.17 bits per heavy atom. The van der Waals surface area contributed by atoms with Crippen LogP contribution in [0.15, 0.2) is 0 Å². The lowest BCUT2D eigenvalue weighted by Gasteiger charge is -2.14. The van der Waals surface area contributed by atoms with Gasteiger partial charge in [-0.05, 0) is 13.2 Å². The van der Waals surface area contributed by atoms with Gasteiger partial charge in [-0.1, -0.05) is 6.92 Å². The number of amides is 1. The van der Waals surface area contributed by atoms with Crippen molar-refractivity contribution in [3.63, 3.8) is 0 Å². The second-order valence-corrected chi connectivity index (χ2v) is 4.30. The van der Waals surface area contributed by atoms with Crippen LogP contribution in [0.4, 0.5) is 0 Å². The minimum atomic E-state index is -0.244. The second-order valence-electron chi connectivity index (χ2n) is 3.03. The van der Waals surface area contributed by atoms with E-state index in [0.717, 1.165) is 6.54 Å². The average molecular weight is 190 g/mol. The fraction of sp³-hybridized carbons (Fsp3) is 0.875. The molecule has 0 aliphatic heterocycles. The summed E-state index contributed by atoms with van der Waals surface area (Å²) in [5, 5.41) is 3.83. The molecule has 0 spiro atoms. The molecule has 0 aliphatic carbocycles. The molecule has 0 saturated carbocycles. The highest BCUT2D eigenvalue weighted by molar-refractivity contribution is 7.99. The van der Waals surface area contributed by atoms with Crippen molar-refractivity contribution < 1.29 is 4.79 Å². The SMILES string of the molecule is CSC(C)CNC(C)CC(N)=O. The smallest absolute Gasteiger partial charge is 0.218 e. The Bertz CT molecular complexity index is 141. The number of nitrogens with one attached hydrogen (secondary N) is 1. The van der Waals surface area contributed by atoms with Gasteiger partial charge in [0, 0.05) is 24.3 Å². The van der Waals surface area contributed by atoms with E-state index in [9.17, 15) is 4.79 Å². The van der Waals surface area contributed by atoms with Gasteiger partial charge in [-0.25, -0.2) is 0 Å². The fourth-order valence-electron chi connectivity index (χ4n) is 0.824. The first-order valence-electron chi connectivity index (χ1n) is 4.10. The van der Waals surface area contributed by atoms with Gasteiger partial charge >= 0.3 is 0 Å². The molecule has 0 saturated heterocycles. The lowest BCUT2D eigenvalue weighted by molar-refractivity contribution is -0.118. The maximum absolute atomic E-state index is 10.5. The molecule has 0 rings (SSSR count). The van der Waals surface area contributed by atoms with Crippen LogP contribution >= 0.6 is 11.8 Å². The molecule has 0 aromatic rings. The van der Waals surface area contributed by atoms with E-state index in [0.29, 0.717) is 11.7 Å². The summed E-state index contributed by atoms with van der Waals surface area (Å²) in [6.07, 6.45) is 2.49. The van der Waals surface area contributed by atoms with E-state index in [2.05, 4.69) is 18.5 Å². The van der Waals surface area contributed by atoms with Crippen LogP contribution in [0.25, 0.3) is 0 Å². The minimum Gasteiger partial charge on any atom is -0.370 e. The monoisotopic (exact) mass is 190 g/mol. The van der Waals surface area contributed by atoms with Crippen molar-refractivity contribution in [1.29, 1.82) is 0 Å². The summed E-state index contributed by atoms with van der Waals surface area (Å²) < 4.78 is 0. The molecule has 3 N–H and O–H groups in total. The molecule has 0 aromatic carbocycles. The van der Waals surface area contributed by atoms with E-state index < -0.39 is 0 Å². The Hall–Kier alpha value is -0.220. The molecular formula is C8H18N2OS. The summed E-state index contributed by atoms with van der Waals surface area (Å²) in [5.41, 5.74) is 5.05. The first-order valence-corrected chi connectivity index (χ1v) is 5.39. The largest absolute Gasteiger partial charge is 0.370 e. The predicted octanol–water partition coefficient (Wildman–Crippen LogP) is 0.591. The molecule has 2 unspecified atom stereocenters.